The first-order valence-corrected chi connectivity index (χ1v) is 7.08. The Morgan fingerprint density at radius 3 is 2.64 bits per heavy atom. The number of ether oxygens (including phenoxy) is 1. The number of rotatable bonds is 3. The number of aromatic nitrogens is 1. The Labute approximate surface area is 129 Å². The summed E-state index contributed by atoms with van der Waals surface area (Å²) >= 11 is 0. The van der Waals surface area contributed by atoms with E-state index in [2.05, 4.69) is 4.98 Å². The fraction of sp³-hybridized carbons (Fsp3) is 0.438. The predicted molar refractivity (Wildman–Crippen MR) is 81.4 cm³/mol. The van der Waals surface area contributed by atoms with Crippen LogP contribution in [0, 0.1) is 0 Å². The van der Waals surface area contributed by atoms with Gasteiger partial charge in [0.05, 0.1) is 18.7 Å². The van der Waals surface area contributed by atoms with Gasteiger partial charge in [-0.25, -0.2) is 4.79 Å². The first-order chi connectivity index (χ1) is 10.2. The van der Waals surface area contributed by atoms with Crippen LogP contribution in [-0.2, 0) is 16.0 Å². The van der Waals surface area contributed by atoms with Crippen LogP contribution in [0.15, 0.2) is 24.4 Å². The molecule has 0 fully saturated rings. The van der Waals surface area contributed by atoms with E-state index in [0.717, 1.165) is 11.3 Å². The van der Waals surface area contributed by atoms with Crippen LogP contribution in [-0.4, -0.2) is 45.7 Å². The molecule has 0 spiro atoms. The van der Waals surface area contributed by atoms with Crippen molar-refractivity contribution in [3.05, 3.63) is 35.7 Å². The molecule has 0 unspecified atom stereocenters. The predicted octanol–water partition coefficient (Wildman–Crippen LogP) is 2.34. The molecule has 1 N–H and O–H groups in total. The smallest absolute Gasteiger partial charge is 0.410 e. The van der Waals surface area contributed by atoms with Gasteiger partial charge < -0.3 is 14.7 Å². The summed E-state index contributed by atoms with van der Waals surface area (Å²) in [5.74, 6) is -0.884. The molecular formula is C16H20N2O4. The van der Waals surface area contributed by atoms with Gasteiger partial charge in [0.2, 0.25) is 0 Å². The molecule has 0 saturated carbocycles. The van der Waals surface area contributed by atoms with Gasteiger partial charge in [0.15, 0.2) is 0 Å². The Hall–Kier alpha value is -2.37. The molecule has 6 heteroatoms. The van der Waals surface area contributed by atoms with Crippen LogP contribution in [0.2, 0.25) is 0 Å². The lowest BCUT2D eigenvalue weighted by Gasteiger charge is -2.24. The molecule has 0 saturated heterocycles. The van der Waals surface area contributed by atoms with E-state index in [1.165, 1.54) is 0 Å². The summed E-state index contributed by atoms with van der Waals surface area (Å²) in [5, 5.41) is 8.74. The number of hydrogen-bond acceptors (Lipinski definition) is 4. The van der Waals surface area contributed by atoms with Gasteiger partial charge >= 0.3 is 12.1 Å². The molecule has 0 aliphatic carbocycles. The summed E-state index contributed by atoms with van der Waals surface area (Å²) in [4.78, 5) is 28.5. The molecule has 2 heterocycles. The molecule has 0 aromatic carbocycles. The van der Waals surface area contributed by atoms with Crippen LogP contribution >= 0.6 is 0 Å². The Morgan fingerprint density at radius 2 is 2.09 bits per heavy atom. The molecule has 0 bridgehead atoms. The van der Waals surface area contributed by atoms with Crippen LogP contribution in [0.3, 0.4) is 0 Å². The molecule has 6 nitrogen and oxygen atoms in total. The molecule has 1 aromatic rings. The van der Waals surface area contributed by atoms with Crippen molar-refractivity contribution < 1.29 is 19.4 Å². The van der Waals surface area contributed by atoms with Crippen molar-refractivity contribution in [2.75, 3.05) is 13.1 Å². The Kier molecular flexibility index (Phi) is 4.49. The third-order valence-electron chi connectivity index (χ3n) is 3.08. The molecule has 0 atom stereocenters. The Morgan fingerprint density at radius 1 is 1.36 bits per heavy atom. The number of carbonyl (C=O) groups excluding carboxylic acids is 1. The maximum absolute atomic E-state index is 12.0. The second-order valence-corrected chi connectivity index (χ2v) is 6.21. The zero-order chi connectivity index (χ0) is 16.3. The molecule has 1 aromatic heterocycles. The topological polar surface area (TPSA) is 79.7 Å². The average molecular weight is 304 g/mol. The van der Waals surface area contributed by atoms with Gasteiger partial charge in [-0.05, 0) is 38.0 Å². The first-order valence-electron chi connectivity index (χ1n) is 7.08. The molecule has 2 rings (SSSR count). The fourth-order valence-corrected chi connectivity index (χ4v) is 2.10. The second-order valence-electron chi connectivity index (χ2n) is 6.21. The van der Waals surface area contributed by atoms with E-state index in [-0.39, 0.29) is 12.5 Å². The highest BCUT2D eigenvalue weighted by atomic mass is 16.6. The monoisotopic (exact) mass is 304 g/mol. The average Bonchev–Trinajstić information content (AvgIpc) is 2.86. The summed E-state index contributed by atoms with van der Waals surface area (Å²) < 4.78 is 5.34. The Bertz CT molecular complexity index is 600. The van der Waals surface area contributed by atoms with Crippen LogP contribution in [0.5, 0.6) is 0 Å². The highest BCUT2D eigenvalue weighted by Crippen LogP contribution is 2.21. The largest absolute Gasteiger partial charge is 0.481 e. The fourth-order valence-electron chi connectivity index (χ4n) is 2.10. The summed E-state index contributed by atoms with van der Waals surface area (Å²) in [6.45, 7) is 6.43. The molecule has 1 amide bonds. The molecule has 22 heavy (non-hydrogen) atoms. The molecule has 118 valence electrons. The third kappa shape index (κ3) is 4.31. The quantitative estimate of drug-likeness (QED) is 0.927. The van der Waals surface area contributed by atoms with Crippen LogP contribution in [0.25, 0.3) is 5.57 Å². The van der Waals surface area contributed by atoms with E-state index in [0.29, 0.717) is 18.7 Å². The van der Waals surface area contributed by atoms with Crippen molar-refractivity contribution in [3.8, 4) is 0 Å². The van der Waals surface area contributed by atoms with Crippen molar-refractivity contribution in [2.45, 2.75) is 32.8 Å². The van der Waals surface area contributed by atoms with Gasteiger partial charge in [-0.3, -0.25) is 9.78 Å². The number of hydrogen-bond donors (Lipinski definition) is 1. The maximum atomic E-state index is 12.0. The van der Waals surface area contributed by atoms with Gasteiger partial charge in [-0.2, -0.15) is 0 Å². The SMILES string of the molecule is CC(C)(C)OC(=O)N1CC=C(c2ccc(CC(=O)O)cn2)C1. The van der Waals surface area contributed by atoms with Crippen molar-refractivity contribution in [3.63, 3.8) is 0 Å². The van der Waals surface area contributed by atoms with Gasteiger partial charge in [0.25, 0.3) is 0 Å². The van der Waals surface area contributed by atoms with E-state index in [1.807, 2.05) is 26.8 Å². The van der Waals surface area contributed by atoms with E-state index in [9.17, 15) is 9.59 Å². The lowest BCUT2D eigenvalue weighted by molar-refractivity contribution is -0.136. The van der Waals surface area contributed by atoms with Crippen LogP contribution in [0.1, 0.15) is 32.0 Å². The highest BCUT2D eigenvalue weighted by molar-refractivity contribution is 5.76. The zero-order valence-corrected chi connectivity index (χ0v) is 13.0. The van der Waals surface area contributed by atoms with Crippen LogP contribution in [0.4, 0.5) is 4.79 Å². The van der Waals surface area contributed by atoms with Gasteiger partial charge in [-0.1, -0.05) is 12.1 Å². The Balaban J connectivity index is 1.98. The number of carboxylic acids is 1. The number of amides is 1. The number of pyridine rings is 1. The van der Waals surface area contributed by atoms with Gasteiger partial charge in [0.1, 0.15) is 5.60 Å². The lowest BCUT2D eigenvalue weighted by atomic mass is 10.1. The summed E-state index contributed by atoms with van der Waals surface area (Å²) in [5.41, 5.74) is 1.82. The van der Waals surface area contributed by atoms with Crippen LogP contribution < -0.4 is 0 Å². The minimum atomic E-state index is -0.884. The van der Waals surface area contributed by atoms with Crippen molar-refractivity contribution in [1.29, 1.82) is 0 Å². The van der Waals surface area contributed by atoms with Crippen molar-refractivity contribution >= 4 is 17.6 Å². The number of nitrogens with zero attached hydrogens (tertiary/aromatic N) is 2. The summed E-state index contributed by atoms with van der Waals surface area (Å²) in [7, 11) is 0. The highest BCUT2D eigenvalue weighted by Gasteiger charge is 2.26. The van der Waals surface area contributed by atoms with Gasteiger partial charge in [0, 0.05) is 12.7 Å². The minimum Gasteiger partial charge on any atom is -0.481 e. The number of carboxylic acid groups (broad SMARTS) is 1. The normalized spacial score (nSPS) is 14.7. The van der Waals surface area contributed by atoms with Gasteiger partial charge in [-0.15, -0.1) is 0 Å². The zero-order valence-electron chi connectivity index (χ0n) is 13.0. The first kappa shape index (κ1) is 16.0. The third-order valence-corrected chi connectivity index (χ3v) is 3.08. The lowest BCUT2D eigenvalue weighted by Crippen LogP contribution is -2.35. The van der Waals surface area contributed by atoms with E-state index in [4.69, 9.17) is 9.84 Å². The minimum absolute atomic E-state index is 0.0453. The van der Waals surface area contributed by atoms with E-state index < -0.39 is 11.6 Å². The molecular weight excluding hydrogens is 284 g/mol. The maximum Gasteiger partial charge on any atom is 0.410 e. The molecule has 0 radical (unpaired) electrons. The summed E-state index contributed by atoms with van der Waals surface area (Å²) in [6.07, 6.45) is 3.10. The standard InChI is InChI=1S/C16H20N2O4/c1-16(2,3)22-15(21)18-7-6-12(10-18)13-5-4-11(9-17-13)8-14(19)20/h4-6,9H,7-8,10H2,1-3H3,(H,19,20). The van der Waals surface area contributed by atoms with Crippen molar-refractivity contribution in [1.82, 2.24) is 9.88 Å². The summed E-state index contributed by atoms with van der Waals surface area (Å²) in [6, 6.07) is 3.52. The molecule has 1 aliphatic heterocycles. The van der Waals surface area contributed by atoms with E-state index >= 15 is 0 Å². The number of carbonyl (C=O) groups is 2. The number of aliphatic carboxylic acids is 1. The van der Waals surface area contributed by atoms with E-state index in [1.54, 1.807) is 23.2 Å². The second kappa shape index (κ2) is 6.17. The van der Waals surface area contributed by atoms with Crippen molar-refractivity contribution in [2.24, 2.45) is 0 Å². The molecule has 1 aliphatic rings.